The second-order valence-electron chi connectivity index (χ2n) is 8.26. The number of ether oxygens (including phenoxy) is 3. The molecule has 0 unspecified atom stereocenters. The first-order valence-corrected chi connectivity index (χ1v) is 10.2. The van der Waals surface area contributed by atoms with E-state index in [2.05, 4.69) is 9.97 Å². The van der Waals surface area contributed by atoms with Crippen LogP contribution in [-0.4, -0.2) is 45.0 Å². The Kier molecular flexibility index (Phi) is 5.63. The van der Waals surface area contributed by atoms with Crippen LogP contribution in [-0.2, 0) is 4.74 Å². The standard InChI is InChI=1S/C24H24N4O5/c1-24(2,3)33-23(30)28-19-9-7-6-8-18(19)27(22(28)29)21-25-13-15(14-26-21)17-12-16(31-4)10-11-20(17)32-5/h6-14H,1-5H3. The Labute approximate surface area is 190 Å². The Morgan fingerprint density at radius 1 is 0.939 bits per heavy atom. The van der Waals surface area contributed by atoms with Crippen molar-refractivity contribution >= 4 is 17.1 Å². The summed E-state index contributed by atoms with van der Waals surface area (Å²) in [6, 6.07) is 12.3. The summed E-state index contributed by atoms with van der Waals surface area (Å²) in [7, 11) is 3.16. The zero-order valence-corrected chi connectivity index (χ0v) is 19.0. The fourth-order valence-corrected chi connectivity index (χ4v) is 3.44. The summed E-state index contributed by atoms with van der Waals surface area (Å²) in [5.41, 5.74) is 0.940. The lowest BCUT2D eigenvalue weighted by Gasteiger charge is -2.19. The molecule has 2 aromatic carbocycles. The van der Waals surface area contributed by atoms with Crippen LogP contribution >= 0.6 is 0 Å². The molecule has 0 aliphatic carbocycles. The van der Waals surface area contributed by atoms with Gasteiger partial charge in [-0.25, -0.2) is 24.1 Å². The van der Waals surface area contributed by atoms with E-state index in [0.29, 0.717) is 28.1 Å². The van der Waals surface area contributed by atoms with Gasteiger partial charge in [-0.3, -0.25) is 0 Å². The molecular weight excluding hydrogens is 424 g/mol. The van der Waals surface area contributed by atoms with E-state index in [1.807, 2.05) is 6.07 Å². The molecule has 0 amide bonds. The highest BCUT2D eigenvalue weighted by Gasteiger charge is 2.25. The van der Waals surface area contributed by atoms with Gasteiger partial charge in [-0.05, 0) is 51.1 Å². The van der Waals surface area contributed by atoms with Crippen molar-refractivity contribution in [3.05, 3.63) is 65.3 Å². The van der Waals surface area contributed by atoms with Crippen molar-refractivity contribution in [2.75, 3.05) is 14.2 Å². The van der Waals surface area contributed by atoms with E-state index in [0.717, 1.165) is 10.1 Å². The highest BCUT2D eigenvalue weighted by atomic mass is 16.6. The lowest BCUT2D eigenvalue weighted by Crippen LogP contribution is -2.34. The SMILES string of the molecule is COc1ccc(OC)c(-c2cnc(-n3c(=O)n(C(=O)OC(C)(C)C)c4ccccc43)nc2)c1. The maximum absolute atomic E-state index is 13.3. The lowest BCUT2D eigenvalue weighted by atomic mass is 10.1. The van der Waals surface area contributed by atoms with Gasteiger partial charge >= 0.3 is 11.8 Å². The van der Waals surface area contributed by atoms with Gasteiger partial charge in [0.2, 0.25) is 5.95 Å². The van der Waals surface area contributed by atoms with E-state index in [4.69, 9.17) is 14.2 Å². The number of fused-ring (bicyclic) bond motifs is 1. The molecule has 2 heterocycles. The Bertz CT molecular complexity index is 1380. The van der Waals surface area contributed by atoms with Crippen molar-refractivity contribution in [2.24, 2.45) is 0 Å². The molecule has 0 atom stereocenters. The number of methoxy groups -OCH3 is 2. The first kappa shape index (κ1) is 22.1. The highest BCUT2D eigenvalue weighted by Crippen LogP contribution is 2.32. The van der Waals surface area contributed by atoms with Crippen LogP contribution < -0.4 is 15.2 Å². The van der Waals surface area contributed by atoms with Crippen LogP contribution in [0.25, 0.3) is 28.1 Å². The van der Waals surface area contributed by atoms with Crippen molar-refractivity contribution in [3.8, 4) is 28.6 Å². The highest BCUT2D eigenvalue weighted by molar-refractivity contribution is 5.87. The van der Waals surface area contributed by atoms with Gasteiger partial charge in [0.05, 0.1) is 25.3 Å². The number of nitrogens with zero attached hydrogens (tertiary/aromatic N) is 4. The molecule has 4 rings (SSSR count). The summed E-state index contributed by atoms with van der Waals surface area (Å²) >= 11 is 0. The molecule has 0 aliphatic heterocycles. The largest absolute Gasteiger partial charge is 0.497 e. The van der Waals surface area contributed by atoms with Crippen molar-refractivity contribution in [1.29, 1.82) is 0 Å². The second-order valence-corrected chi connectivity index (χ2v) is 8.26. The molecule has 0 N–H and O–H groups in total. The van der Waals surface area contributed by atoms with Gasteiger partial charge in [0.1, 0.15) is 17.1 Å². The summed E-state index contributed by atoms with van der Waals surface area (Å²) in [6.45, 7) is 5.22. The Morgan fingerprint density at radius 3 is 2.21 bits per heavy atom. The third kappa shape index (κ3) is 4.17. The minimum absolute atomic E-state index is 0.129. The normalized spacial score (nSPS) is 11.4. The van der Waals surface area contributed by atoms with Crippen LogP contribution in [0, 0.1) is 0 Å². The zero-order chi connectivity index (χ0) is 23.8. The van der Waals surface area contributed by atoms with Crippen molar-refractivity contribution in [2.45, 2.75) is 26.4 Å². The minimum Gasteiger partial charge on any atom is -0.497 e. The summed E-state index contributed by atoms with van der Waals surface area (Å²) in [4.78, 5) is 34.8. The summed E-state index contributed by atoms with van der Waals surface area (Å²) in [5, 5.41) is 0. The number of hydrogen-bond donors (Lipinski definition) is 0. The first-order valence-electron chi connectivity index (χ1n) is 10.2. The van der Waals surface area contributed by atoms with Gasteiger partial charge in [-0.15, -0.1) is 0 Å². The molecule has 9 nitrogen and oxygen atoms in total. The fraction of sp³-hybridized carbons (Fsp3) is 0.250. The first-order chi connectivity index (χ1) is 15.7. The number of carbonyl (C=O) groups excluding carboxylic acids is 1. The Hall–Kier alpha value is -4.14. The molecule has 0 saturated heterocycles. The van der Waals surface area contributed by atoms with E-state index in [1.165, 1.54) is 4.57 Å². The van der Waals surface area contributed by atoms with E-state index in [1.54, 1.807) is 83.8 Å². The third-order valence-electron chi connectivity index (χ3n) is 4.88. The van der Waals surface area contributed by atoms with Crippen LogP contribution in [0.5, 0.6) is 11.5 Å². The molecule has 33 heavy (non-hydrogen) atoms. The van der Waals surface area contributed by atoms with Crippen LogP contribution in [0.15, 0.2) is 59.7 Å². The van der Waals surface area contributed by atoms with Gasteiger partial charge in [0, 0.05) is 23.5 Å². The Morgan fingerprint density at radius 2 is 1.61 bits per heavy atom. The molecule has 0 radical (unpaired) electrons. The van der Waals surface area contributed by atoms with Crippen LogP contribution in [0.1, 0.15) is 20.8 Å². The van der Waals surface area contributed by atoms with E-state index in [9.17, 15) is 9.59 Å². The predicted molar refractivity (Wildman–Crippen MR) is 123 cm³/mol. The lowest BCUT2D eigenvalue weighted by molar-refractivity contribution is 0.0538. The van der Waals surface area contributed by atoms with Gasteiger partial charge in [-0.2, -0.15) is 4.57 Å². The molecule has 0 saturated carbocycles. The molecule has 2 aromatic heterocycles. The molecule has 0 aliphatic rings. The fourth-order valence-electron chi connectivity index (χ4n) is 3.44. The van der Waals surface area contributed by atoms with Crippen LogP contribution in [0.2, 0.25) is 0 Å². The Balaban J connectivity index is 1.82. The number of hydrogen-bond acceptors (Lipinski definition) is 7. The van der Waals surface area contributed by atoms with Crippen LogP contribution in [0.4, 0.5) is 4.79 Å². The molecule has 9 heteroatoms. The summed E-state index contributed by atoms with van der Waals surface area (Å²) < 4.78 is 18.4. The molecule has 0 fully saturated rings. The van der Waals surface area contributed by atoms with Crippen molar-refractivity contribution < 1.29 is 19.0 Å². The number of imidazole rings is 1. The summed E-state index contributed by atoms with van der Waals surface area (Å²) in [5.74, 6) is 1.42. The number of aromatic nitrogens is 4. The molecule has 0 spiro atoms. The van der Waals surface area contributed by atoms with E-state index < -0.39 is 17.4 Å². The molecule has 4 aromatic rings. The van der Waals surface area contributed by atoms with E-state index >= 15 is 0 Å². The topological polar surface area (TPSA) is 97.5 Å². The van der Waals surface area contributed by atoms with Gasteiger partial charge in [0.15, 0.2) is 0 Å². The number of carbonyl (C=O) groups is 1. The molecule has 170 valence electrons. The van der Waals surface area contributed by atoms with Crippen molar-refractivity contribution in [1.82, 2.24) is 19.1 Å². The molecular formula is C24H24N4O5. The number of para-hydroxylation sites is 2. The van der Waals surface area contributed by atoms with Crippen molar-refractivity contribution in [3.63, 3.8) is 0 Å². The maximum atomic E-state index is 13.3. The maximum Gasteiger partial charge on any atom is 0.423 e. The van der Waals surface area contributed by atoms with Crippen LogP contribution in [0.3, 0.4) is 0 Å². The quantitative estimate of drug-likeness (QED) is 0.465. The average molecular weight is 448 g/mol. The van der Waals surface area contributed by atoms with E-state index in [-0.39, 0.29) is 5.95 Å². The monoisotopic (exact) mass is 448 g/mol. The second kappa shape index (κ2) is 8.42. The smallest absolute Gasteiger partial charge is 0.423 e. The van der Waals surface area contributed by atoms with Gasteiger partial charge < -0.3 is 14.2 Å². The number of rotatable bonds is 4. The zero-order valence-electron chi connectivity index (χ0n) is 19.0. The predicted octanol–water partition coefficient (Wildman–Crippen LogP) is 4.05. The summed E-state index contributed by atoms with van der Waals surface area (Å²) in [6.07, 6.45) is 2.41. The minimum atomic E-state index is -0.764. The van der Waals surface area contributed by atoms with Gasteiger partial charge in [0.25, 0.3) is 0 Å². The van der Waals surface area contributed by atoms with Gasteiger partial charge in [-0.1, -0.05) is 12.1 Å². The third-order valence-corrected chi connectivity index (χ3v) is 4.88. The number of benzene rings is 2. The average Bonchev–Trinajstić information content (AvgIpc) is 3.09. The molecule has 0 bridgehead atoms.